The molecule has 0 bridgehead atoms. The smallest absolute Gasteiger partial charge is 0.343 e. The number of benzene rings is 1. The molecule has 1 heterocycles. The van der Waals surface area contributed by atoms with Gasteiger partial charge in [-0.15, -0.1) is 0 Å². The van der Waals surface area contributed by atoms with Crippen LogP contribution in [0.2, 0.25) is 0 Å². The van der Waals surface area contributed by atoms with Gasteiger partial charge in [-0.2, -0.15) is 0 Å². The SMILES string of the molecule is CCOC(=O)Cn1cc(C(=O)OCC)c(=O)c2cc(F)ccc21. The lowest BCUT2D eigenvalue weighted by molar-refractivity contribution is -0.143. The molecule has 0 N–H and O–H groups in total. The molecule has 0 spiro atoms. The van der Waals surface area contributed by atoms with Crippen molar-refractivity contribution in [3.63, 3.8) is 0 Å². The molecule has 0 saturated heterocycles. The summed E-state index contributed by atoms with van der Waals surface area (Å²) in [5.74, 6) is -1.96. The third-order valence-corrected chi connectivity index (χ3v) is 3.14. The number of esters is 2. The zero-order valence-electron chi connectivity index (χ0n) is 12.8. The number of fused-ring (bicyclic) bond motifs is 1. The number of nitrogens with zero attached hydrogens (tertiary/aromatic N) is 1. The summed E-state index contributed by atoms with van der Waals surface area (Å²) in [5.41, 5.74) is -0.565. The predicted octanol–water partition coefficient (Wildman–Crippen LogP) is 1.88. The van der Waals surface area contributed by atoms with E-state index >= 15 is 0 Å². The lowest BCUT2D eigenvalue weighted by Gasteiger charge is -2.12. The molecule has 0 unspecified atom stereocenters. The van der Waals surface area contributed by atoms with Gasteiger partial charge in [-0.05, 0) is 32.0 Å². The number of rotatable bonds is 5. The first kappa shape index (κ1) is 16.7. The predicted molar refractivity (Wildman–Crippen MR) is 80.8 cm³/mol. The molecule has 2 rings (SSSR count). The second kappa shape index (κ2) is 7.04. The first-order valence-corrected chi connectivity index (χ1v) is 7.13. The molecule has 0 aliphatic carbocycles. The molecule has 0 radical (unpaired) electrons. The average Bonchev–Trinajstić information content (AvgIpc) is 2.50. The van der Waals surface area contributed by atoms with Gasteiger partial charge in [0.05, 0.1) is 18.7 Å². The van der Waals surface area contributed by atoms with Crippen LogP contribution in [0.4, 0.5) is 4.39 Å². The third kappa shape index (κ3) is 3.56. The maximum atomic E-state index is 13.5. The number of carbonyl (C=O) groups excluding carboxylic acids is 2. The highest BCUT2D eigenvalue weighted by Crippen LogP contribution is 2.14. The molecule has 23 heavy (non-hydrogen) atoms. The molecule has 2 aromatic rings. The van der Waals surface area contributed by atoms with Crippen molar-refractivity contribution in [2.75, 3.05) is 13.2 Å². The number of hydrogen-bond donors (Lipinski definition) is 0. The molecule has 0 fully saturated rings. The Morgan fingerprint density at radius 3 is 2.52 bits per heavy atom. The Morgan fingerprint density at radius 1 is 1.17 bits per heavy atom. The zero-order valence-corrected chi connectivity index (χ0v) is 12.8. The summed E-state index contributed by atoms with van der Waals surface area (Å²) in [5, 5.41) is -0.000137. The number of hydrogen-bond acceptors (Lipinski definition) is 5. The fourth-order valence-electron chi connectivity index (χ4n) is 2.20. The van der Waals surface area contributed by atoms with E-state index < -0.39 is 23.2 Å². The summed E-state index contributed by atoms with van der Waals surface area (Å²) in [7, 11) is 0. The highest BCUT2D eigenvalue weighted by Gasteiger charge is 2.18. The van der Waals surface area contributed by atoms with E-state index in [1.807, 2.05) is 0 Å². The van der Waals surface area contributed by atoms with Gasteiger partial charge in [0.15, 0.2) is 0 Å². The van der Waals surface area contributed by atoms with Crippen molar-refractivity contribution in [1.82, 2.24) is 4.57 Å². The topological polar surface area (TPSA) is 74.6 Å². The van der Waals surface area contributed by atoms with Gasteiger partial charge in [0.1, 0.15) is 17.9 Å². The second-order valence-corrected chi connectivity index (χ2v) is 4.69. The monoisotopic (exact) mass is 321 g/mol. The first-order chi connectivity index (χ1) is 11.0. The van der Waals surface area contributed by atoms with Crippen molar-refractivity contribution in [3.05, 3.63) is 46.0 Å². The number of ether oxygens (including phenoxy) is 2. The van der Waals surface area contributed by atoms with Crippen LogP contribution < -0.4 is 5.43 Å². The Balaban J connectivity index is 2.64. The van der Waals surface area contributed by atoms with Crippen molar-refractivity contribution < 1.29 is 23.5 Å². The number of halogens is 1. The minimum Gasteiger partial charge on any atom is -0.465 e. The van der Waals surface area contributed by atoms with Crippen LogP contribution in [0, 0.1) is 5.82 Å². The van der Waals surface area contributed by atoms with E-state index in [0.717, 1.165) is 6.07 Å². The van der Waals surface area contributed by atoms with Crippen molar-refractivity contribution in [1.29, 1.82) is 0 Å². The van der Waals surface area contributed by atoms with E-state index in [-0.39, 0.29) is 30.7 Å². The van der Waals surface area contributed by atoms with E-state index in [0.29, 0.717) is 5.52 Å². The zero-order chi connectivity index (χ0) is 17.0. The minimum absolute atomic E-state index is 0.000137. The summed E-state index contributed by atoms with van der Waals surface area (Å²) in [6.07, 6.45) is 1.23. The average molecular weight is 321 g/mol. The highest BCUT2D eigenvalue weighted by atomic mass is 19.1. The molecule has 122 valence electrons. The van der Waals surface area contributed by atoms with Gasteiger partial charge in [0.25, 0.3) is 0 Å². The Bertz CT molecular complexity index is 812. The van der Waals surface area contributed by atoms with Gasteiger partial charge < -0.3 is 14.0 Å². The van der Waals surface area contributed by atoms with Gasteiger partial charge in [0, 0.05) is 11.6 Å². The van der Waals surface area contributed by atoms with Gasteiger partial charge >= 0.3 is 11.9 Å². The van der Waals surface area contributed by atoms with Crippen molar-refractivity contribution in [2.45, 2.75) is 20.4 Å². The molecule has 1 aromatic carbocycles. The summed E-state index contributed by atoms with van der Waals surface area (Å²) >= 11 is 0. The fraction of sp³-hybridized carbons (Fsp3) is 0.312. The largest absolute Gasteiger partial charge is 0.465 e. The van der Waals surface area contributed by atoms with Gasteiger partial charge in [-0.25, -0.2) is 9.18 Å². The maximum absolute atomic E-state index is 13.5. The highest BCUT2D eigenvalue weighted by molar-refractivity contribution is 5.94. The summed E-state index contributed by atoms with van der Waals surface area (Å²) < 4.78 is 24.5. The van der Waals surface area contributed by atoms with E-state index in [4.69, 9.17) is 9.47 Å². The summed E-state index contributed by atoms with van der Waals surface area (Å²) in [6.45, 7) is 3.37. The van der Waals surface area contributed by atoms with Crippen LogP contribution in [-0.2, 0) is 20.8 Å². The quantitative estimate of drug-likeness (QED) is 0.786. The van der Waals surface area contributed by atoms with Crippen LogP contribution in [0.25, 0.3) is 10.9 Å². The number of aromatic nitrogens is 1. The normalized spacial score (nSPS) is 10.6. The van der Waals surface area contributed by atoms with E-state index in [1.54, 1.807) is 13.8 Å². The molecule has 0 aliphatic heterocycles. The summed E-state index contributed by atoms with van der Waals surface area (Å²) in [6, 6.07) is 3.58. The molecule has 0 amide bonds. The summed E-state index contributed by atoms with van der Waals surface area (Å²) in [4.78, 5) is 36.0. The van der Waals surface area contributed by atoms with Crippen LogP contribution >= 0.6 is 0 Å². The molecule has 0 aliphatic rings. The third-order valence-electron chi connectivity index (χ3n) is 3.14. The Hall–Kier alpha value is -2.70. The Kier molecular flexibility index (Phi) is 5.10. The maximum Gasteiger partial charge on any atom is 0.343 e. The van der Waals surface area contributed by atoms with Crippen LogP contribution in [0.15, 0.2) is 29.2 Å². The van der Waals surface area contributed by atoms with E-state index in [2.05, 4.69) is 0 Å². The van der Waals surface area contributed by atoms with Gasteiger partial charge in [-0.1, -0.05) is 0 Å². The fourth-order valence-corrected chi connectivity index (χ4v) is 2.20. The Labute approximate surface area is 131 Å². The lowest BCUT2D eigenvalue weighted by atomic mass is 10.1. The standard InChI is InChI=1S/C16H16FNO5/c1-3-22-14(19)9-18-8-12(16(21)23-4-2)15(20)11-7-10(17)5-6-13(11)18/h5-8H,3-4,9H2,1-2H3. The molecular weight excluding hydrogens is 305 g/mol. The van der Waals surface area contributed by atoms with Gasteiger partial charge in [0.2, 0.25) is 5.43 Å². The Morgan fingerprint density at radius 2 is 1.87 bits per heavy atom. The molecular formula is C16H16FNO5. The lowest BCUT2D eigenvalue weighted by Crippen LogP contribution is -2.23. The van der Waals surface area contributed by atoms with Crippen LogP contribution in [0.3, 0.4) is 0 Å². The van der Waals surface area contributed by atoms with E-state index in [1.165, 1.54) is 22.9 Å². The van der Waals surface area contributed by atoms with Crippen LogP contribution in [0.1, 0.15) is 24.2 Å². The molecule has 7 heteroatoms. The second-order valence-electron chi connectivity index (χ2n) is 4.69. The van der Waals surface area contributed by atoms with Crippen molar-refractivity contribution >= 4 is 22.8 Å². The van der Waals surface area contributed by atoms with Crippen molar-refractivity contribution in [3.8, 4) is 0 Å². The molecule has 0 saturated carbocycles. The van der Waals surface area contributed by atoms with Crippen LogP contribution in [0.5, 0.6) is 0 Å². The molecule has 0 atom stereocenters. The minimum atomic E-state index is -0.818. The van der Waals surface area contributed by atoms with Gasteiger partial charge in [-0.3, -0.25) is 9.59 Å². The number of carbonyl (C=O) groups is 2. The van der Waals surface area contributed by atoms with Crippen molar-refractivity contribution in [2.24, 2.45) is 0 Å². The van der Waals surface area contributed by atoms with E-state index in [9.17, 15) is 18.8 Å². The molecule has 1 aromatic heterocycles. The first-order valence-electron chi connectivity index (χ1n) is 7.13. The van der Waals surface area contributed by atoms with Crippen LogP contribution in [-0.4, -0.2) is 29.7 Å². The molecule has 6 nitrogen and oxygen atoms in total. The number of pyridine rings is 1.